The number of rotatable bonds is 5. The average Bonchev–Trinajstić information content (AvgIpc) is 3.21. The molecule has 160 valence electrons. The summed E-state index contributed by atoms with van der Waals surface area (Å²) >= 11 is 0. The summed E-state index contributed by atoms with van der Waals surface area (Å²) in [6, 6.07) is 16.3. The van der Waals surface area contributed by atoms with E-state index in [0.717, 1.165) is 45.3 Å². The predicted molar refractivity (Wildman–Crippen MR) is 124 cm³/mol. The fraction of sp³-hybridized carbons (Fsp3) is 0.500. The van der Waals surface area contributed by atoms with Crippen molar-refractivity contribution in [1.82, 2.24) is 15.5 Å². The van der Waals surface area contributed by atoms with Gasteiger partial charge in [-0.15, -0.1) is 0 Å². The Labute approximate surface area is 181 Å². The molecule has 1 aliphatic carbocycles. The summed E-state index contributed by atoms with van der Waals surface area (Å²) < 4.78 is 0. The van der Waals surface area contributed by atoms with Crippen LogP contribution >= 0.6 is 0 Å². The van der Waals surface area contributed by atoms with Crippen molar-refractivity contribution in [3.05, 3.63) is 59.2 Å². The lowest BCUT2D eigenvalue weighted by molar-refractivity contribution is 0.179. The minimum absolute atomic E-state index is 0.0200. The molecule has 1 atom stereocenters. The second-order valence-electron chi connectivity index (χ2n) is 9.25. The van der Waals surface area contributed by atoms with Gasteiger partial charge in [-0.25, -0.2) is 4.79 Å². The molecule has 1 saturated carbocycles. The molecule has 2 aromatic rings. The van der Waals surface area contributed by atoms with Gasteiger partial charge in [-0.2, -0.15) is 0 Å². The molecule has 30 heavy (non-hydrogen) atoms. The van der Waals surface area contributed by atoms with Gasteiger partial charge in [0.15, 0.2) is 0 Å². The maximum absolute atomic E-state index is 12.3. The first-order chi connectivity index (χ1) is 14.5. The Morgan fingerprint density at radius 1 is 0.867 bits per heavy atom. The molecule has 4 heteroatoms. The van der Waals surface area contributed by atoms with Gasteiger partial charge < -0.3 is 10.6 Å². The number of hydrogen-bond acceptors (Lipinski definition) is 2. The van der Waals surface area contributed by atoms with Gasteiger partial charge in [-0.3, -0.25) is 4.90 Å². The number of nitrogens with zero attached hydrogens (tertiary/aromatic N) is 1. The van der Waals surface area contributed by atoms with Gasteiger partial charge >= 0.3 is 6.03 Å². The van der Waals surface area contributed by atoms with E-state index in [4.69, 9.17) is 0 Å². The molecule has 0 spiro atoms. The van der Waals surface area contributed by atoms with Gasteiger partial charge in [0.2, 0.25) is 0 Å². The molecule has 0 aromatic heterocycles. The third-order valence-corrected chi connectivity index (χ3v) is 6.45. The van der Waals surface area contributed by atoms with Crippen molar-refractivity contribution >= 4 is 6.03 Å². The highest BCUT2D eigenvalue weighted by molar-refractivity contribution is 5.74. The highest BCUT2D eigenvalue weighted by Gasteiger charge is 2.23. The summed E-state index contributed by atoms with van der Waals surface area (Å²) in [7, 11) is 0. The van der Waals surface area contributed by atoms with Crippen LogP contribution in [0.5, 0.6) is 0 Å². The Morgan fingerprint density at radius 2 is 1.50 bits per heavy atom. The van der Waals surface area contributed by atoms with E-state index in [2.05, 4.69) is 71.8 Å². The number of carbonyl (C=O) groups is 1. The Balaban J connectivity index is 1.30. The molecule has 1 saturated heterocycles. The van der Waals surface area contributed by atoms with Crippen LogP contribution in [0.1, 0.15) is 55.2 Å². The van der Waals surface area contributed by atoms with Crippen molar-refractivity contribution in [3.8, 4) is 11.1 Å². The van der Waals surface area contributed by atoms with Crippen LogP contribution < -0.4 is 10.6 Å². The topological polar surface area (TPSA) is 44.4 Å². The summed E-state index contributed by atoms with van der Waals surface area (Å²) in [5, 5.41) is 6.36. The summed E-state index contributed by atoms with van der Waals surface area (Å²) in [5.74, 6) is 0. The Kier molecular flexibility index (Phi) is 6.73. The van der Waals surface area contributed by atoms with Crippen LogP contribution in [0.4, 0.5) is 4.79 Å². The summed E-state index contributed by atoms with van der Waals surface area (Å²) in [5.41, 5.74) is 6.50. The Bertz CT molecular complexity index is 835. The van der Waals surface area contributed by atoms with E-state index in [1.165, 1.54) is 40.7 Å². The van der Waals surface area contributed by atoms with E-state index in [9.17, 15) is 4.79 Å². The third-order valence-electron chi connectivity index (χ3n) is 6.45. The molecule has 2 fully saturated rings. The minimum Gasteiger partial charge on any atom is -0.335 e. The van der Waals surface area contributed by atoms with E-state index in [1.54, 1.807) is 0 Å². The normalized spacial score (nSPS) is 20.3. The standard InChI is InChI=1S/C26H35N3O/c1-19-14-20(2)16-23(15-19)22-11-9-21(10-12-22)17-29-13-5-8-25(18-29)28-26(30)27-24-6-3-4-7-24/h9-12,14-16,24-25H,3-8,13,17-18H2,1-2H3,(H2,27,28,30). The molecule has 4 rings (SSSR count). The van der Waals surface area contributed by atoms with Gasteiger partial charge in [0.05, 0.1) is 0 Å². The number of piperidine rings is 1. The Morgan fingerprint density at radius 3 is 2.20 bits per heavy atom. The van der Waals surface area contributed by atoms with E-state index in [-0.39, 0.29) is 12.1 Å². The molecule has 1 heterocycles. The van der Waals surface area contributed by atoms with E-state index >= 15 is 0 Å². The summed E-state index contributed by atoms with van der Waals surface area (Å²) in [6.45, 7) is 7.27. The second-order valence-corrected chi connectivity index (χ2v) is 9.25. The molecule has 2 aliphatic rings. The molecule has 0 bridgehead atoms. The number of amides is 2. The lowest BCUT2D eigenvalue weighted by Gasteiger charge is -2.33. The van der Waals surface area contributed by atoms with Gasteiger partial charge in [-0.05, 0) is 62.8 Å². The largest absolute Gasteiger partial charge is 0.335 e. The third kappa shape index (κ3) is 5.63. The summed E-state index contributed by atoms with van der Waals surface area (Å²) in [4.78, 5) is 14.8. The van der Waals surface area contributed by atoms with Crippen molar-refractivity contribution in [3.63, 3.8) is 0 Å². The SMILES string of the molecule is Cc1cc(C)cc(-c2ccc(CN3CCCC(NC(=O)NC4CCCC4)C3)cc2)c1. The molecule has 2 aromatic carbocycles. The lowest BCUT2D eigenvalue weighted by Crippen LogP contribution is -2.51. The first kappa shape index (κ1) is 20.9. The number of urea groups is 1. The molecule has 2 amide bonds. The maximum Gasteiger partial charge on any atom is 0.315 e. The zero-order valence-corrected chi connectivity index (χ0v) is 18.4. The number of likely N-dealkylation sites (tertiary alicyclic amines) is 1. The van der Waals surface area contributed by atoms with Crippen molar-refractivity contribution in [2.75, 3.05) is 13.1 Å². The zero-order valence-electron chi connectivity index (χ0n) is 18.4. The van der Waals surface area contributed by atoms with Crippen LogP contribution in [0.25, 0.3) is 11.1 Å². The van der Waals surface area contributed by atoms with Crippen molar-refractivity contribution in [1.29, 1.82) is 0 Å². The molecule has 0 radical (unpaired) electrons. The quantitative estimate of drug-likeness (QED) is 0.720. The molecular formula is C26H35N3O. The van der Waals surface area contributed by atoms with Crippen molar-refractivity contribution in [2.45, 2.75) is 71.0 Å². The first-order valence-electron chi connectivity index (χ1n) is 11.5. The van der Waals surface area contributed by atoms with Crippen LogP contribution in [0, 0.1) is 13.8 Å². The lowest BCUT2D eigenvalue weighted by atomic mass is 9.99. The van der Waals surface area contributed by atoms with Gasteiger partial charge in [0.25, 0.3) is 0 Å². The second kappa shape index (κ2) is 9.65. The van der Waals surface area contributed by atoms with Crippen LogP contribution in [0.15, 0.2) is 42.5 Å². The van der Waals surface area contributed by atoms with E-state index in [1.807, 2.05) is 0 Å². The Hall–Kier alpha value is -2.33. The number of aryl methyl sites for hydroxylation is 2. The summed E-state index contributed by atoms with van der Waals surface area (Å²) in [6.07, 6.45) is 6.94. The fourth-order valence-corrected chi connectivity index (χ4v) is 5.00. The average molecular weight is 406 g/mol. The fourth-order valence-electron chi connectivity index (χ4n) is 5.00. The van der Waals surface area contributed by atoms with E-state index < -0.39 is 0 Å². The number of nitrogens with one attached hydrogen (secondary N) is 2. The smallest absolute Gasteiger partial charge is 0.315 e. The zero-order chi connectivity index (χ0) is 20.9. The molecule has 4 nitrogen and oxygen atoms in total. The molecule has 2 N–H and O–H groups in total. The highest BCUT2D eigenvalue weighted by atomic mass is 16.2. The number of hydrogen-bond donors (Lipinski definition) is 2. The highest BCUT2D eigenvalue weighted by Crippen LogP contribution is 2.23. The molecular weight excluding hydrogens is 370 g/mol. The molecule has 1 unspecified atom stereocenters. The minimum atomic E-state index is 0.0200. The van der Waals surface area contributed by atoms with Crippen LogP contribution in [0.2, 0.25) is 0 Å². The van der Waals surface area contributed by atoms with Crippen LogP contribution in [-0.2, 0) is 6.54 Å². The van der Waals surface area contributed by atoms with Gasteiger partial charge in [-0.1, -0.05) is 66.4 Å². The first-order valence-corrected chi connectivity index (χ1v) is 11.5. The van der Waals surface area contributed by atoms with Crippen LogP contribution in [0.3, 0.4) is 0 Å². The number of benzene rings is 2. The van der Waals surface area contributed by atoms with Gasteiger partial charge in [0.1, 0.15) is 0 Å². The van der Waals surface area contributed by atoms with E-state index in [0.29, 0.717) is 6.04 Å². The predicted octanol–water partition coefficient (Wildman–Crippen LogP) is 5.18. The monoisotopic (exact) mass is 405 g/mol. The molecule has 1 aliphatic heterocycles. The van der Waals surface area contributed by atoms with Crippen molar-refractivity contribution in [2.24, 2.45) is 0 Å². The van der Waals surface area contributed by atoms with Gasteiger partial charge in [0, 0.05) is 25.2 Å². The van der Waals surface area contributed by atoms with Crippen LogP contribution in [-0.4, -0.2) is 36.1 Å². The van der Waals surface area contributed by atoms with Crippen molar-refractivity contribution < 1.29 is 4.79 Å². The number of carbonyl (C=O) groups excluding carboxylic acids is 1. The maximum atomic E-state index is 12.3.